The first-order valence-corrected chi connectivity index (χ1v) is 6.09. The van der Waals surface area contributed by atoms with Crippen LogP contribution in [0.1, 0.15) is 29.7 Å². The van der Waals surface area contributed by atoms with Gasteiger partial charge in [-0.3, -0.25) is 0 Å². The van der Waals surface area contributed by atoms with E-state index in [1.54, 1.807) is 19.1 Å². The fourth-order valence-corrected chi connectivity index (χ4v) is 1.85. The lowest BCUT2D eigenvalue weighted by atomic mass is 10.1. The molecule has 96 valence electrons. The molecule has 19 heavy (non-hydrogen) atoms. The van der Waals surface area contributed by atoms with Gasteiger partial charge < -0.3 is 9.84 Å². The Hall–Kier alpha value is -2.31. The average Bonchev–Trinajstić information content (AvgIpc) is 2.45. The molecule has 3 nitrogen and oxygen atoms in total. The molecule has 0 aliphatic rings. The average molecular weight is 253 g/mol. The number of benzene rings is 2. The molecule has 2 aromatic carbocycles. The predicted octanol–water partition coefficient (Wildman–Crippen LogP) is 3.19. The Bertz CT molecular complexity index is 600. The van der Waals surface area contributed by atoms with Gasteiger partial charge in [-0.2, -0.15) is 5.26 Å². The molecule has 0 saturated carbocycles. The number of hydrogen-bond acceptors (Lipinski definition) is 3. The quantitative estimate of drug-likeness (QED) is 0.910. The van der Waals surface area contributed by atoms with Crippen LogP contribution in [0.15, 0.2) is 48.5 Å². The third-order valence-corrected chi connectivity index (χ3v) is 2.82. The zero-order valence-corrected chi connectivity index (χ0v) is 10.7. The summed E-state index contributed by atoms with van der Waals surface area (Å²) in [4.78, 5) is 0. The molecule has 2 rings (SSSR count). The second-order valence-corrected chi connectivity index (χ2v) is 4.31. The number of ether oxygens (including phenoxy) is 1. The Morgan fingerprint density at radius 3 is 2.74 bits per heavy atom. The van der Waals surface area contributed by atoms with Crippen molar-refractivity contribution in [2.24, 2.45) is 0 Å². The van der Waals surface area contributed by atoms with Gasteiger partial charge in [0.05, 0.1) is 17.7 Å². The highest BCUT2D eigenvalue weighted by molar-refractivity contribution is 5.36. The molecule has 1 N–H and O–H groups in total. The second-order valence-electron chi connectivity index (χ2n) is 4.31. The monoisotopic (exact) mass is 253 g/mol. The van der Waals surface area contributed by atoms with E-state index in [4.69, 9.17) is 10.00 Å². The third-order valence-electron chi connectivity index (χ3n) is 2.82. The van der Waals surface area contributed by atoms with Crippen LogP contribution in [0.5, 0.6) is 5.75 Å². The van der Waals surface area contributed by atoms with E-state index in [1.807, 2.05) is 36.4 Å². The molecule has 0 aliphatic carbocycles. The molecule has 0 fully saturated rings. The van der Waals surface area contributed by atoms with Crippen LogP contribution in [0.25, 0.3) is 0 Å². The van der Waals surface area contributed by atoms with Gasteiger partial charge in [-0.1, -0.05) is 30.3 Å². The van der Waals surface area contributed by atoms with E-state index < -0.39 is 6.10 Å². The summed E-state index contributed by atoms with van der Waals surface area (Å²) in [5, 5.41) is 18.5. The third kappa shape index (κ3) is 3.34. The lowest BCUT2D eigenvalue weighted by Gasteiger charge is -2.13. The van der Waals surface area contributed by atoms with Gasteiger partial charge in [0, 0.05) is 5.56 Å². The van der Waals surface area contributed by atoms with Crippen LogP contribution >= 0.6 is 0 Å². The maximum atomic E-state index is 9.66. The Morgan fingerprint density at radius 2 is 2.00 bits per heavy atom. The van der Waals surface area contributed by atoms with Crippen LogP contribution in [0.2, 0.25) is 0 Å². The van der Waals surface area contributed by atoms with Crippen LogP contribution in [-0.4, -0.2) is 5.11 Å². The molecule has 1 atom stereocenters. The van der Waals surface area contributed by atoms with E-state index in [0.717, 1.165) is 11.1 Å². The van der Waals surface area contributed by atoms with Crippen molar-refractivity contribution in [3.63, 3.8) is 0 Å². The summed E-state index contributed by atoms with van der Waals surface area (Å²) < 4.78 is 5.71. The van der Waals surface area contributed by atoms with Gasteiger partial charge in [0.25, 0.3) is 0 Å². The van der Waals surface area contributed by atoms with Crippen LogP contribution in [0.3, 0.4) is 0 Å². The molecule has 0 bridgehead atoms. The lowest BCUT2D eigenvalue weighted by molar-refractivity contribution is 0.190. The summed E-state index contributed by atoms with van der Waals surface area (Å²) in [7, 11) is 0. The van der Waals surface area contributed by atoms with Crippen LogP contribution in [-0.2, 0) is 6.61 Å². The molecule has 0 heterocycles. The van der Waals surface area contributed by atoms with Crippen molar-refractivity contribution in [1.29, 1.82) is 5.26 Å². The number of hydrogen-bond donors (Lipinski definition) is 1. The number of para-hydroxylation sites is 1. The first-order chi connectivity index (χ1) is 9.20. The van der Waals surface area contributed by atoms with E-state index in [0.29, 0.717) is 17.9 Å². The number of nitrogens with zero attached hydrogens (tertiary/aromatic N) is 1. The van der Waals surface area contributed by atoms with Gasteiger partial charge >= 0.3 is 0 Å². The minimum Gasteiger partial charge on any atom is -0.489 e. The fourth-order valence-electron chi connectivity index (χ4n) is 1.85. The fraction of sp³-hybridized carbons (Fsp3) is 0.188. The van der Waals surface area contributed by atoms with Gasteiger partial charge in [0.1, 0.15) is 12.4 Å². The molecule has 0 radical (unpaired) electrons. The maximum absolute atomic E-state index is 9.66. The molecule has 2 aromatic rings. The zero-order valence-electron chi connectivity index (χ0n) is 10.7. The standard InChI is InChI=1S/C16H15NO2/c1-12(18)15-7-2-3-8-16(15)19-11-14-6-4-5-13(9-14)10-17/h2-9,12,18H,11H2,1H3. The summed E-state index contributed by atoms with van der Waals surface area (Å²) >= 11 is 0. The molecule has 0 amide bonds. The van der Waals surface area contributed by atoms with Crippen LogP contribution < -0.4 is 4.74 Å². The van der Waals surface area contributed by atoms with Gasteiger partial charge in [-0.25, -0.2) is 0 Å². The smallest absolute Gasteiger partial charge is 0.125 e. The van der Waals surface area contributed by atoms with E-state index >= 15 is 0 Å². The molecule has 0 aliphatic heterocycles. The summed E-state index contributed by atoms with van der Waals surface area (Å²) in [5.74, 6) is 0.667. The van der Waals surface area contributed by atoms with Gasteiger partial charge in [-0.05, 0) is 30.7 Å². The number of aliphatic hydroxyl groups excluding tert-OH is 1. The summed E-state index contributed by atoms with van der Waals surface area (Å²) in [6.45, 7) is 2.08. The zero-order chi connectivity index (χ0) is 13.7. The Balaban J connectivity index is 2.12. The highest BCUT2D eigenvalue weighted by Crippen LogP contribution is 2.25. The predicted molar refractivity (Wildman–Crippen MR) is 72.6 cm³/mol. The summed E-state index contributed by atoms with van der Waals surface area (Å²) in [6, 6.07) is 16.8. The Kier molecular flexibility index (Phi) is 4.17. The van der Waals surface area contributed by atoms with E-state index in [-0.39, 0.29) is 0 Å². The van der Waals surface area contributed by atoms with Gasteiger partial charge in [-0.15, -0.1) is 0 Å². The van der Waals surface area contributed by atoms with Crippen molar-refractivity contribution in [2.75, 3.05) is 0 Å². The summed E-state index contributed by atoms with van der Waals surface area (Å²) in [5.41, 5.74) is 2.31. The van der Waals surface area contributed by atoms with Gasteiger partial charge in [0.15, 0.2) is 0 Å². The SMILES string of the molecule is CC(O)c1ccccc1OCc1cccc(C#N)c1. The Labute approximate surface area is 112 Å². The van der Waals surface area contributed by atoms with Crippen LogP contribution in [0, 0.1) is 11.3 Å². The van der Waals surface area contributed by atoms with Crippen molar-refractivity contribution in [2.45, 2.75) is 19.6 Å². The largest absolute Gasteiger partial charge is 0.489 e. The minimum atomic E-state index is -0.568. The van der Waals surface area contributed by atoms with E-state index in [1.165, 1.54) is 0 Å². The maximum Gasteiger partial charge on any atom is 0.125 e. The first kappa shape index (κ1) is 13.1. The molecular weight excluding hydrogens is 238 g/mol. The summed E-state index contributed by atoms with van der Waals surface area (Å²) in [6.07, 6.45) is -0.568. The molecule has 3 heteroatoms. The van der Waals surface area contributed by atoms with Crippen LogP contribution in [0.4, 0.5) is 0 Å². The van der Waals surface area contributed by atoms with E-state index in [2.05, 4.69) is 6.07 Å². The number of nitriles is 1. The highest BCUT2D eigenvalue weighted by atomic mass is 16.5. The molecule has 0 aromatic heterocycles. The highest BCUT2D eigenvalue weighted by Gasteiger charge is 2.08. The second kappa shape index (κ2) is 6.03. The normalized spacial score (nSPS) is 11.6. The molecule has 1 unspecified atom stereocenters. The molecule has 0 spiro atoms. The van der Waals surface area contributed by atoms with Crippen molar-refractivity contribution in [3.05, 3.63) is 65.2 Å². The minimum absolute atomic E-state index is 0.374. The lowest BCUT2D eigenvalue weighted by Crippen LogP contribution is -2.01. The molecule has 0 saturated heterocycles. The topological polar surface area (TPSA) is 53.2 Å². The van der Waals surface area contributed by atoms with Crippen molar-refractivity contribution < 1.29 is 9.84 Å². The number of aliphatic hydroxyl groups is 1. The number of rotatable bonds is 4. The van der Waals surface area contributed by atoms with E-state index in [9.17, 15) is 5.11 Å². The Morgan fingerprint density at radius 1 is 1.21 bits per heavy atom. The molecular formula is C16H15NO2. The van der Waals surface area contributed by atoms with Crippen molar-refractivity contribution >= 4 is 0 Å². The van der Waals surface area contributed by atoms with Gasteiger partial charge in [0.2, 0.25) is 0 Å². The first-order valence-electron chi connectivity index (χ1n) is 6.09. The van der Waals surface area contributed by atoms with Crippen molar-refractivity contribution in [1.82, 2.24) is 0 Å². The van der Waals surface area contributed by atoms with Crippen molar-refractivity contribution in [3.8, 4) is 11.8 Å².